The molecule has 1 fully saturated rings. The first-order valence-electron chi connectivity index (χ1n) is 11.5. The topological polar surface area (TPSA) is 97.2 Å². The van der Waals surface area contributed by atoms with E-state index in [1.54, 1.807) is 6.07 Å². The van der Waals surface area contributed by atoms with Crippen LogP contribution in [-0.4, -0.2) is 55.2 Å². The van der Waals surface area contributed by atoms with E-state index >= 15 is 0 Å². The molecular formula is C26H26N4O5. The van der Waals surface area contributed by atoms with E-state index in [1.807, 2.05) is 36.4 Å². The number of anilines is 1. The van der Waals surface area contributed by atoms with E-state index in [2.05, 4.69) is 27.2 Å². The summed E-state index contributed by atoms with van der Waals surface area (Å²) < 4.78 is 11.0. The number of hydrogen-bond donors (Lipinski definition) is 1. The fourth-order valence-corrected chi connectivity index (χ4v) is 4.56. The van der Waals surface area contributed by atoms with Crippen molar-refractivity contribution in [2.75, 3.05) is 44.4 Å². The SMILES string of the molecule is O=C(NCC(c1ccc2c(c1)OCO2)N1CCN(c2ccccc2)CC1)c1cccc([N+](=O)[O-])c1. The largest absolute Gasteiger partial charge is 0.454 e. The van der Waals surface area contributed by atoms with Crippen molar-refractivity contribution in [3.8, 4) is 11.5 Å². The molecule has 2 aliphatic heterocycles. The number of ether oxygens (including phenoxy) is 2. The molecule has 2 heterocycles. The fourth-order valence-electron chi connectivity index (χ4n) is 4.56. The first-order chi connectivity index (χ1) is 17.1. The first-order valence-corrected chi connectivity index (χ1v) is 11.5. The average molecular weight is 475 g/mol. The molecule has 1 amide bonds. The monoisotopic (exact) mass is 474 g/mol. The van der Waals surface area contributed by atoms with Crippen molar-refractivity contribution in [2.45, 2.75) is 6.04 Å². The maximum Gasteiger partial charge on any atom is 0.270 e. The molecule has 9 heteroatoms. The van der Waals surface area contributed by atoms with Crippen molar-refractivity contribution >= 4 is 17.3 Å². The standard InChI is InChI=1S/C26H26N4O5/c31-26(20-5-4-8-22(15-20)30(32)33)27-17-23(19-9-10-24-25(16-19)35-18-34-24)29-13-11-28(12-14-29)21-6-2-1-3-7-21/h1-10,15-16,23H,11-14,17-18H2,(H,27,31). The Bertz CT molecular complexity index is 1210. The Morgan fingerprint density at radius 2 is 1.71 bits per heavy atom. The summed E-state index contributed by atoms with van der Waals surface area (Å²) in [5, 5.41) is 14.1. The average Bonchev–Trinajstić information content (AvgIpc) is 3.38. The molecule has 1 saturated heterocycles. The van der Waals surface area contributed by atoms with Gasteiger partial charge in [0, 0.05) is 56.1 Å². The van der Waals surface area contributed by atoms with Gasteiger partial charge in [0.1, 0.15) is 0 Å². The maximum atomic E-state index is 12.9. The van der Waals surface area contributed by atoms with Gasteiger partial charge in [0.25, 0.3) is 11.6 Å². The number of piperazine rings is 1. The lowest BCUT2D eigenvalue weighted by molar-refractivity contribution is -0.384. The third-order valence-corrected chi connectivity index (χ3v) is 6.43. The molecule has 180 valence electrons. The summed E-state index contributed by atoms with van der Waals surface area (Å²) in [5.41, 5.74) is 2.37. The third-order valence-electron chi connectivity index (χ3n) is 6.43. The Hall–Kier alpha value is -4.11. The summed E-state index contributed by atoms with van der Waals surface area (Å²) >= 11 is 0. The van der Waals surface area contributed by atoms with Crippen molar-refractivity contribution in [2.24, 2.45) is 0 Å². The van der Waals surface area contributed by atoms with Crippen molar-refractivity contribution in [1.82, 2.24) is 10.2 Å². The molecule has 0 bridgehead atoms. The molecule has 9 nitrogen and oxygen atoms in total. The van der Waals surface area contributed by atoms with Crippen LogP contribution in [0.25, 0.3) is 0 Å². The van der Waals surface area contributed by atoms with Gasteiger partial charge in [-0.05, 0) is 35.9 Å². The molecule has 0 spiro atoms. The second-order valence-electron chi connectivity index (χ2n) is 8.50. The summed E-state index contributed by atoms with van der Waals surface area (Å²) in [6.45, 7) is 3.92. The zero-order valence-electron chi connectivity index (χ0n) is 19.1. The number of amides is 1. The highest BCUT2D eigenvalue weighted by atomic mass is 16.7. The van der Waals surface area contributed by atoms with E-state index < -0.39 is 4.92 Å². The van der Waals surface area contributed by atoms with Crippen molar-refractivity contribution in [3.05, 3.63) is 94.0 Å². The fraction of sp³-hybridized carbons (Fsp3) is 0.269. The third kappa shape index (κ3) is 5.04. The van der Waals surface area contributed by atoms with Crippen LogP contribution in [0.5, 0.6) is 11.5 Å². The Morgan fingerprint density at radius 1 is 0.943 bits per heavy atom. The van der Waals surface area contributed by atoms with E-state index in [-0.39, 0.29) is 30.0 Å². The van der Waals surface area contributed by atoms with Crippen molar-refractivity contribution < 1.29 is 19.2 Å². The zero-order chi connectivity index (χ0) is 24.2. The molecular weight excluding hydrogens is 448 g/mol. The highest BCUT2D eigenvalue weighted by Crippen LogP contribution is 2.36. The second kappa shape index (κ2) is 10.0. The van der Waals surface area contributed by atoms with Crippen molar-refractivity contribution in [3.63, 3.8) is 0 Å². The Balaban J connectivity index is 1.32. The minimum atomic E-state index is -0.502. The number of fused-ring (bicyclic) bond motifs is 1. The first kappa shape index (κ1) is 22.7. The van der Waals surface area contributed by atoms with Crippen LogP contribution in [0.2, 0.25) is 0 Å². The minimum Gasteiger partial charge on any atom is -0.454 e. The summed E-state index contributed by atoms with van der Waals surface area (Å²) in [4.78, 5) is 28.2. The van der Waals surface area contributed by atoms with E-state index in [9.17, 15) is 14.9 Å². The van der Waals surface area contributed by atoms with E-state index in [0.717, 1.165) is 31.7 Å². The van der Waals surface area contributed by atoms with Gasteiger partial charge < -0.3 is 19.7 Å². The number of nitrogens with one attached hydrogen (secondary N) is 1. The maximum absolute atomic E-state index is 12.9. The number of rotatable bonds is 7. The van der Waals surface area contributed by atoms with Crippen molar-refractivity contribution in [1.29, 1.82) is 0 Å². The minimum absolute atomic E-state index is 0.0925. The molecule has 3 aromatic carbocycles. The van der Waals surface area contributed by atoms with Crippen LogP contribution >= 0.6 is 0 Å². The number of carbonyl (C=O) groups is 1. The van der Waals surface area contributed by atoms with Gasteiger partial charge >= 0.3 is 0 Å². The van der Waals surface area contributed by atoms with Crippen LogP contribution in [0.15, 0.2) is 72.8 Å². The van der Waals surface area contributed by atoms with Gasteiger partial charge in [0.15, 0.2) is 11.5 Å². The van der Waals surface area contributed by atoms with Gasteiger partial charge in [-0.15, -0.1) is 0 Å². The summed E-state index contributed by atoms with van der Waals surface area (Å²) in [6, 6.07) is 21.9. The Kier molecular flexibility index (Phi) is 6.49. The van der Waals surface area contributed by atoms with Crippen LogP contribution in [0.4, 0.5) is 11.4 Å². The zero-order valence-corrected chi connectivity index (χ0v) is 19.1. The molecule has 0 saturated carbocycles. The lowest BCUT2D eigenvalue weighted by Gasteiger charge is -2.40. The van der Waals surface area contributed by atoms with Crippen LogP contribution < -0.4 is 19.7 Å². The number of non-ortho nitro benzene ring substituents is 1. The van der Waals surface area contributed by atoms with E-state index in [0.29, 0.717) is 18.0 Å². The van der Waals surface area contributed by atoms with E-state index in [4.69, 9.17) is 9.47 Å². The summed E-state index contributed by atoms with van der Waals surface area (Å²) in [6.07, 6.45) is 0. The molecule has 0 aliphatic carbocycles. The molecule has 1 atom stereocenters. The Labute approximate surface area is 203 Å². The van der Waals surface area contributed by atoms with Crippen LogP contribution in [0, 0.1) is 10.1 Å². The number of nitro groups is 1. The van der Waals surface area contributed by atoms with Gasteiger partial charge in [0.05, 0.1) is 11.0 Å². The molecule has 3 aromatic rings. The smallest absolute Gasteiger partial charge is 0.270 e. The van der Waals surface area contributed by atoms with Gasteiger partial charge in [-0.3, -0.25) is 19.8 Å². The lowest BCUT2D eigenvalue weighted by atomic mass is 10.0. The molecule has 2 aliphatic rings. The van der Waals surface area contributed by atoms with Crippen LogP contribution in [-0.2, 0) is 0 Å². The summed E-state index contributed by atoms with van der Waals surface area (Å²) in [7, 11) is 0. The number of nitro benzene ring substituents is 1. The Morgan fingerprint density at radius 3 is 2.49 bits per heavy atom. The van der Waals surface area contributed by atoms with Gasteiger partial charge in [-0.2, -0.15) is 0 Å². The number of para-hydroxylation sites is 1. The van der Waals surface area contributed by atoms with Crippen LogP contribution in [0.3, 0.4) is 0 Å². The molecule has 35 heavy (non-hydrogen) atoms. The second-order valence-corrected chi connectivity index (χ2v) is 8.50. The number of carbonyl (C=O) groups excluding carboxylic acids is 1. The molecule has 0 radical (unpaired) electrons. The predicted octanol–water partition coefficient (Wildman–Crippen LogP) is 3.62. The molecule has 1 N–H and O–H groups in total. The predicted molar refractivity (Wildman–Crippen MR) is 131 cm³/mol. The van der Waals surface area contributed by atoms with Crippen LogP contribution in [0.1, 0.15) is 22.0 Å². The molecule has 1 unspecified atom stereocenters. The number of hydrogen-bond acceptors (Lipinski definition) is 7. The number of nitrogens with zero attached hydrogens (tertiary/aromatic N) is 3. The highest BCUT2D eigenvalue weighted by molar-refractivity contribution is 5.94. The van der Waals surface area contributed by atoms with Gasteiger partial charge in [-0.25, -0.2) is 0 Å². The normalized spacial score (nSPS) is 16.1. The van der Waals surface area contributed by atoms with E-state index in [1.165, 1.54) is 23.9 Å². The van der Waals surface area contributed by atoms with Gasteiger partial charge in [0.2, 0.25) is 6.79 Å². The van der Waals surface area contributed by atoms with Gasteiger partial charge in [-0.1, -0.05) is 30.3 Å². The molecule has 5 rings (SSSR count). The number of benzene rings is 3. The lowest BCUT2D eigenvalue weighted by Crippen LogP contribution is -2.50. The summed E-state index contributed by atoms with van der Waals surface area (Å²) in [5.74, 6) is 1.06. The quantitative estimate of drug-likeness (QED) is 0.413. The molecule has 0 aromatic heterocycles. The highest BCUT2D eigenvalue weighted by Gasteiger charge is 2.27.